The number of pyridine rings is 1. The van der Waals surface area contributed by atoms with Gasteiger partial charge in [0, 0.05) is 6.07 Å². The van der Waals surface area contributed by atoms with Gasteiger partial charge in [-0.25, -0.2) is 9.97 Å². The van der Waals surface area contributed by atoms with E-state index in [4.69, 9.17) is 11.6 Å². The first-order chi connectivity index (χ1) is 11.3. The standard InChI is InChI=1S/C14H14ClF3N4O2/c15-8-2-7(19-3-14(16,17)18)9-13(21-8)22(4-20-9)10-5-1-6(5)11(23)12(10)24/h2,4-6,10-12,23-24H,1,3H2,(H,19,21)/t5-,6+,10+,11+,12-/m0/s1. The van der Waals surface area contributed by atoms with Gasteiger partial charge in [0.15, 0.2) is 5.65 Å². The topological polar surface area (TPSA) is 83.2 Å². The van der Waals surface area contributed by atoms with Crippen LogP contribution in [-0.4, -0.2) is 49.7 Å². The fourth-order valence-corrected chi connectivity index (χ4v) is 3.81. The second kappa shape index (κ2) is 5.21. The summed E-state index contributed by atoms with van der Waals surface area (Å²) in [6.07, 6.45) is -3.92. The normalized spacial score (nSPS) is 32.2. The number of aliphatic hydroxyl groups excluding tert-OH is 2. The van der Waals surface area contributed by atoms with Crippen molar-refractivity contribution >= 4 is 28.5 Å². The van der Waals surface area contributed by atoms with E-state index in [1.165, 1.54) is 12.4 Å². The second-order valence-electron chi connectivity index (χ2n) is 6.32. The quantitative estimate of drug-likeness (QED) is 0.727. The fourth-order valence-electron chi connectivity index (χ4n) is 3.63. The Bertz CT molecular complexity index is 796. The number of halogens is 4. The van der Waals surface area contributed by atoms with E-state index >= 15 is 0 Å². The van der Waals surface area contributed by atoms with Gasteiger partial charge in [-0.2, -0.15) is 13.2 Å². The van der Waals surface area contributed by atoms with E-state index < -0.39 is 31.0 Å². The van der Waals surface area contributed by atoms with Gasteiger partial charge in [0.05, 0.1) is 24.2 Å². The third kappa shape index (κ3) is 2.51. The summed E-state index contributed by atoms with van der Waals surface area (Å²) >= 11 is 5.94. The number of alkyl halides is 3. The Hall–Kier alpha value is -1.58. The first-order valence-electron chi connectivity index (χ1n) is 7.46. The maximum atomic E-state index is 12.4. The van der Waals surface area contributed by atoms with Crippen molar-refractivity contribution in [1.82, 2.24) is 14.5 Å². The highest BCUT2D eigenvalue weighted by Crippen LogP contribution is 2.58. The summed E-state index contributed by atoms with van der Waals surface area (Å²) < 4.78 is 38.9. The number of hydrogen-bond donors (Lipinski definition) is 3. The van der Waals surface area contributed by atoms with Gasteiger partial charge >= 0.3 is 6.18 Å². The first-order valence-corrected chi connectivity index (χ1v) is 7.84. The minimum absolute atomic E-state index is 0.0225. The average Bonchev–Trinajstić information content (AvgIpc) is 3.10. The summed E-state index contributed by atoms with van der Waals surface area (Å²) in [6.45, 7) is -1.22. The Balaban J connectivity index is 1.73. The van der Waals surface area contributed by atoms with Crippen LogP contribution in [0.1, 0.15) is 12.5 Å². The Kier molecular flexibility index (Phi) is 3.45. The maximum absolute atomic E-state index is 12.4. The van der Waals surface area contributed by atoms with Crippen molar-refractivity contribution in [1.29, 1.82) is 0 Å². The molecule has 2 fully saturated rings. The van der Waals surface area contributed by atoms with Gasteiger partial charge in [-0.1, -0.05) is 11.6 Å². The van der Waals surface area contributed by atoms with Crippen LogP contribution >= 0.6 is 11.6 Å². The minimum Gasteiger partial charge on any atom is -0.390 e. The Morgan fingerprint density at radius 3 is 2.67 bits per heavy atom. The van der Waals surface area contributed by atoms with Crippen molar-refractivity contribution in [3.8, 4) is 0 Å². The lowest BCUT2D eigenvalue weighted by Gasteiger charge is -2.22. The Morgan fingerprint density at radius 2 is 2.04 bits per heavy atom. The van der Waals surface area contributed by atoms with E-state index in [2.05, 4.69) is 15.3 Å². The van der Waals surface area contributed by atoms with E-state index in [0.29, 0.717) is 0 Å². The molecule has 2 aliphatic carbocycles. The van der Waals surface area contributed by atoms with E-state index in [1.807, 2.05) is 0 Å². The lowest BCUT2D eigenvalue weighted by molar-refractivity contribution is -0.115. The molecule has 6 nitrogen and oxygen atoms in total. The lowest BCUT2D eigenvalue weighted by atomic mass is 10.1. The highest BCUT2D eigenvalue weighted by atomic mass is 35.5. The predicted molar refractivity (Wildman–Crippen MR) is 79.7 cm³/mol. The first kappa shape index (κ1) is 15.9. The largest absolute Gasteiger partial charge is 0.405 e. The van der Waals surface area contributed by atoms with Crippen molar-refractivity contribution < 1.29 is 23.4 Å². The molecule has 0 radical (unpaired) electrons. The van der Waals surface area contributed by atoms with Gasteiger partial charge in [0.25, 0.3) is 0 Å². The van der Waals surface area contributed by atoms with Crippen LogP contribution in [0.5, 0.6) is 0 Å². The smallest absolute Gasteiger partial charge is 0.390 e. The summed E-state index contributed by atoms with van der Waals surface area (Å²) in [4.78, 5) is 8.29. The van der Waals surface area contributed by atoms with Gasteiger partial charge < -0.3 is 20.1 Å². The molecule has 4 rings (SSSR count). The predicted octanol–water partition coefficient (Wildman–Crippen LogP) is 1.97. The van der Waals surface area contributed by atoms with Gasteiger partial charge in [-0.15, -0.1) is 0 Å². The van der Waals surface area contributed by atoms with Crippen molar-refractivity contribution in [3.05, 3.63) is 17.5 Å². The van der Waals surface area contributed by atoms with Crippen LogP contribution < -0.4 is 5.32 Å². The van der Waals surface area contributed by atoms with Gasteiger partial charge in [0.2, 0.25) is 0 Å². The molecule has 2 saturated carbocycles. The summed E-state index contributed by atoms with van der Waals surface area (Å²) in [7, 11) is 0. The molecule has 10 heteroatoms. The maximum Gasteiger partial charge on any atom is 0.405 e. The van der Waals surface area contributed by atoms with Crippen LogP contribution in [0.2, 0.25) is 5.15 Å². The number of nitrogens with zero attached hydrogens (tertiary/aromatic N) is 3. The molecule has 0 amide bonds. The van der Waals surface area contributed by atoms with Gasteiger partial charge in [-0.3, -0.25) is 0 Å². The molecule has 2 aromatic rings. The fraction of sp³-hybridized carbons (Fsp3) is 0.571. The zero-order valence-electron chi connectivity index (χ0n) is 12.2. The molecule has 0 aliphatic heterocycles. The number of fused-ring (bicyclic) bond motifs is 2. The monoisotopic (exact) mass is 362 g/mol. The number of rotatable bonds is 3. The molecule has 3 N–H and O–H groups in total. The molecule has 5 atom stereocenters. The van der Waals surface area contributed by atoms with Crippen LogP contribution in [-0.2, 0) is 0 Å². The summed E-state index contributed by atoms with van der Waals surface area (Å²) in [5, 5.41) is 22.5. The van der Waals surface area contributed by atoms with Gasteiger partial charge in [0.1, 0.15) is 23.3 Å². The molecule has 0 bridgehead atoms. The SMILES string of the molecule is O[C@@H]1[C@H](O)[C@@H]2C[C@@H]2[C@H]1n1cnc2c(NCC(F)(F)F)cc(Cl)nc21. The van der Waals surface area contributed by atoms with Gasteiger partial charge in [-0.05, 0) is 18.3 Å². The van der Waals surface area contributed by atoms with Crippen LogP contribution in [0, 0.1) is 11.8 Å². The number of anilines is 1. The molecule has 0 aromatic carbocycles. The molecule has 24 heavy (non-hydrogen) atoms. The van der Waals surface area contributed by atoms with Crippen LogP contribution in [0.4, 0.5) is 18.9 Å². The molecule has 0 spiro atoms. The van der Waals surface area contributed by atoms with E-state index in [-0.39, 0.29) is 33.8 Å². The molecular weight excluding hydrogens is 349 g/mol. The number of imidazole rings is 1. The molecule has 2 aliphatic rings. The van der Waals surface area contributed by atoms with E-state index in [9.17, 15) is 23.4 Å². The van der Waals surface area contributed by atoms with Crippen molar-refractivity contribution in [2.45, 2.75) is 30.8 Å². The summed E-state index contributed by atoms with van der Waals surface area (Å²) in [5.74, 6) is 0.157. The molecule has 130 valence electrons. The van der Waals surface area contributed by atoms with E-state index in [0.717, 1.165) is 6.42 Å². The molecule has 0 unspecified atom stereocenters. The second-order valence-corrected chi connectivity index (χ2v) is 6.71. The Labute approximate surface area is 139 Å². The van der Waals surface area contributed by atoms with Crippen LogP contribution in [0.15, 0.2) is 12.4 Å². The molecule has 2 aromatic heterocycles. The lowest BCUT2D eigenvalue weighted by Crippen LogP contribution is -2.31. The summed E-state index contributed by atoms with van der Waals surface area (Å²) in [5.41, 5.74) is 0.659. The van der Waals surface area contributed by atoms with E-state index in [1.54, 1.807) is 4.57 Å². The third-order valence-corrected chi connectivity index (χ3v) is 4.96. The number of aliphatic hydroxyl groups is 2. The van der Waals surface area contributed by atoms with Crippen molar-refractivity contribution in [2.75, 3.05) is 11.9 Å². The zero-order chi connectivity index (χ0) is 17.2. The average molecular weight is 363 g/mol. The highest BCUT2D eigenvalue weighted by molar-refractivity contribution is 6.30. The molecule has 2 heterocycles. The zero-order valence-corrected chi connectivity index (χ0v) is 13.0. The van der Waals surface area contributed by atoms with Crippen molar-refractivity contribution in [3.63, 3.8) is 0 Å². The highest BCUT2D eigenvalue weighted by Gasteiger charge is 2.60. The van der Waals surface area contributed by atoms with Crippen LogP contribution in [0.25, 0.3) is 11.2 Å². The number of aromatic nitrogens is 3. The summed E-state index contributed by atoms with van der Waals surface area (Å²) in [6, 6.07) is 0.878. The third-order valence-electron chi connectivity index (χ3n) is 4.77. The van der Waals surface area contributed by atoms with Crippen LogP contribution in [0.3, 0.4) is 0 Å². The minimum atomic E-state index is -4.38. The van der Waals surface area contributed by atoms with Crippen molar-refractivity contribution in [2.24, 2.45) is 11.8 Å². The molecule has 0 saturated heterocycles. The molecular formula is C14H14ClF3N4O2. The Morgan fingerprint density at radius 1 is 1.29 bits per heavy atom. The number of hydrogen-bond acceptors (Lipinski definition) is 5. The number of nitrogens with one attached hydrogen (secondary N) is 1.